The number of benzene rings is 2. The van der Waals surface area contributed by atoms with E-state index in [2.05, 4.69) is 5.32 Å². The van der Waals surface area contributed by atoms with E-state index in [4.69, 9.17) is 4.74 Å². The highest BCUT2D eigenvalue weighted by Gasteiger charge is 2.63. The first kappa shape index (κ1) is 18.2. The van der Waals surface area contributed by atoms with E-state index in [0.29, 0.717) is 5.56 Å². The summed E-state index contributed by atoms with van der Waals surface area (Å²) in [7, 11) is 0. The maximum absolute atomic E-state index is 13.2. The van der Waals surface area contributed by atoms with Crippen molar-refractivity contribution < 1.29 is 19.1 Å². The zero-order valence-corrected chi connectivity index (χ0v) is 15.6. The van der Waals surface area contributed by atoms with Gasteiger partial charge in [-0.1, -0.05) is 48.5 Å². The maximum atomic E-state index is 13.2. The molecule has 0 aromatic heterocycles. The molecule has 1 aliphatic heterocycles. The van der Waals surface area contributed by atoms with E-state index in [1.165, 1.54) is 6.08 Å². The van der Waals surface area contributed by atoms with Crippen LogP contribution in [0, 0.1) is 5.92 Å². The molecule has 0 bridgehead atoms. The fourth-order valence-corrected chi connectivity index (χ4v) is 4.21. The Morgan fingerprint density at radius 1 is 1.07 bits per heavy atom. The highest BCUT2D eigenvalue weighted by Crippen LogP contribution is 2.47. The number of carbonyl (C=O) groups is 3. The van der Waals surface area contributed by atoms with Crippen molar-refractivity contribution in [2.45, 2.75) is 30.9 Å². The van der Waals surface area contributed by atoms with E-state index in [1.807, 2.05) is 36.4 Å². The van der Waals surface area contributed by atoms with Gasteiger partial charge in [-0.3, -0.25) is 9.59 Å². The smallest absolute Gasteiger partial charge is 0.333 e. The van der Waals surface area contributed by atoms with Crippen LogP contribution in [0.4, 0.5) is 0 Å². The molecule has 2 aromatic rings. The zero-order chi connectivity index (χ0) is 19.8. The first-order chi connectivity index (χ1) is 13.4. The Morgan fingerprint density at radius 3 is 2.39 bits per heavy atom. The topological polar surface area (TPSA) is 72.5 Å². The molecule has 5 heteroatoms. The van der Waals surface area contributed by atoms with Gasteiger partial charge in [0.05, 0.1) is 0 Å². The molecule has 1 N–H and O–H groups in total. The third-order valence-corrected chi connectivity index (χ3v) is 5.67. The number of rotatable bonds is 4. The molecular weight excluding hydrogens is 354 g/mol. The van der Waals surface area contributed by atoms with Crippen molar-refractivity contribution in [3.8, 4) is 0 Å². The van der Waals surface area contributed by atoms with Crippen LogP contribution in [0.2, 0.25) is 0 Å². The van der Waals surface area contributed by atoms with Crippen LogP contribution in [0.25, 0.3) is 0 Å². The van der Waals surface area contributed by atoms with Crippen molar-refractivity contribution in [2.75, 3.05) is 0 Å². The van der Waals surface area contributed by atoms with Crippen LogP contribution in [-0.4, -0.2) is 28.8 Å². The first-order valence-electron chi connectivity index (χ1n) is 9.30. The maximum Gasteiger partial charge on any atom is 0.333 e. The lowest BCUT2D eigenvalue weighted by Gasteiger charge is -2.37. The molecule has 1 heterocycles. The summed E-state index contributed by atoms with van der Waals surface area (Å²) in [6, 6.07) is 18.2. The van der Waals surface area contributed by atoms with Gasteiger partial charge in [0.2, 0.25) is 0 Å². The van der Waals surface area contributed by atoms with Crippen LogP contribution < -0.4 is 5.32 Å². The molecule has 1 fully saturated rings. The summed E-state index contributed by atoms with van der Waals surface area (Å²) >= 11 is 0. The fourth-order valence-electron chi connectivity index (χ4n) is 4.21. The van der Waals surface area contributed by atoms with E-state index in [1.54, 1.807) is 37.3 Å². The summed E-state index contributed by atoms with van der Waals surface area (Å²) < 4.78 is 5.73. The van der Waals surface area contributed by atoms with Gasteiger partial charge in [-0.25, -0.2) is 4.79 Å². The van der Waals surface area contributed by atoms with Crippen molar-refractivity contribution in [3.63, 3.8) is 0 Å². The summed E-state index contributed by atoms with van der Waals surface area (Å²) in [5.41, 5.74) is -0.902. The molecule has 142 valence electrons. The monoisotopic (exact) mass is 375 g/mol. The Bertz CT molecular complexity index is 953. The Balaban J connectivity index is 1.77. The van der Waals surface area contributed by atoms with E-state index >= 15 is 0 Å². The normalized spacial score (nSPS) is 28.5. The minimum absolute atomic E-state index is 0.0767. The number of hydrogen-bond acceptors (Lipinski definition) is 4. The highest BCUT2D eigenvalue weighted by atomic mass is 16.6. The lowest BCUT2D eigenvalue weighted by atomic mass is 9.68. The quantitative estimate of drug-likeness (QED) is 0.834. The Kier molecular flexibility index (Phi) is 4.38. The molecule has 0 radical (unpaired) electrons. The van der Waals surface area contributed by atoms with Gasteiger partial charge in [-0.2, -0.15) is 0 Å². The molecule has 0 saturated carbocycles. The van der Waals surface area contributed by atoms with Gasteiger partial charge in [0, 0.05) is 24.3 Å². The van der Waals surface area contributed by atoms with Crippen LogP contribution in [-0.2, 0) is 20.7 Å². The molecule has 28 heavy (non-hydrogen) atoms. The van der Waals surface area contributed by atoms with E-state index in [9.17, 15) is 14.4 Å². The van der Waals surface area contributed by atoms with Crippen LogP contribution in [0.3, 0.4) is 0 Å². The van der Waals surface area contributed by atoms with Gasteiger partial charge < -0.3 is 10.1 Å². The van der Waals surface area contributed by atoms with Gasteiger partial charge in [-0.05, 0) is 36.8 Å². The standard InChI is InChI=1S/C23H21NO4/c1-22-13-12-18(25)14-19(22)23(21(27)28-22,15-16-8-4-2-5-9-16)24-20(26)17-10-6-3-7-11-17/h2-13,19H,14-15H2,1H3,(H,24,26)/t19-,22+,23-/m1/s1. The zero-order valence-electron chi connectivity index (χ0n) is 15.6. The predicted octanol–water partition coefficient (Wildman–Crippen LogP) is 2.86. The molecule has 3 atom stereocenters. The molecule has 5 nitrogen and oxygen atoms in total. The van der Waals surface area contributed by atoms with Crippen LogP contribution in [0.5, 0.6) is 0 Å². The predicted molar refractivity (Wildman–Crippen MR) is 104 cm³/mol. The summed E-state index contributed by atoms with van der Waals surface area (Å²) in [4.78, 5) is 38.3. The number of amides is 1. The average Bonchev–Trinajstić information content (AvgIpc) is 2.90. The molecule has 2 aromatic carbocycles. The number of hydrogen-bond donors (Lipinski definition) is 1. The first-order valence-corrected chi connectivity index (χ1v) is 9.30. The molecule has 1 saturated heterocycles. The van der Waals surface area contributed by atoms with Crippen molar-refractivity contribution in [1.82, 2.24) is 5.32 Å². The molecule has 1 aliphatic carbocycles. The lowest BCUT2D eigenvalue weighted by molar-refractivity contribution is -0.148. The van der Waals surface area contributed by atoms with Crippen molar-refractivity contribution in [1.29, 1.82) is 0 Å². The van der Waals surface area contributed by atoms with Gasteiger partial charge in [0.25, 0.3) is 5.91 Å². The SMILES string of the molecule is C[C@]12C=CC(=O)C[C@H]1[C@@](Cc1ccccc1)(NC(=O)c1ccccc1)C(=O)O2. The Labute approximate surface area is 163 Å². The molecule has 1 amide bonds. The Hall–Kier alpha value is -3.21. The Morgan fingerprint density at radius 2 is 1.71 bits per heavy atom. The molecule has 2 aliphatic rings. The molecule has 4 rings (SSSR count). The van der Waals surface area contributed by atoms with Crippen molar-refractivity contribution in [3.05, 3.63) is 83.9 Å². The minimum atomic E-state index is -1.32. The number of fused-ring (bicyclic) bond motifs is 1. The number of nitrogens with one attached hydrogen (secondary N) is 1. The van der Waals surface area contributed by atoms with E-state index in [-0.39, 0.29) is 24.5 Å². The van der Waals surface area contributed by atoms with Gasteiger partial charge in [-0.15, -0.1) is 0 Å². The van der Waals surface area contributed by atoms with Crippen LogP contribution in [0.15, 0.2) is 72.8 Å². The summed E-state index contributed by atoms with van der Waals surface area (Å²) in [5, 5.41) is 2.95. The largest absolute Gasteiger partial charge is 0.453 e. The molecule has 0 spiro atoms. The number of esters is 1. The molecule has 0 unspecified atom stereocenters. The fraction of sp³-hybridized carbons (Fsp3) is 0.261. The number of ketones is 1. The third kappa shape index (κ3) is 3.03. The second-order valence-corrected chi connectivity index (χ2v) is 7.58. The van der Waals surface area contributed by atoms with Crippen molar-refractivity contribution in [2.24, 2.45) is 5.92 Å². The lowest BCUT2D eigenvalue weighted by Crippen LogP contribution is -2.60. The summed E-state index contributed by atoms with van der Waals surface area (Å²) in [6.45, 7) is 1.79. The van der Waals surface area contributed by atoms with Crippen molar-refractivity contribution >= 4 is 17.7 Å². The number of ether oxygens (including phenoxy) is 1. The number of allylic oxidation sites excluding steroid dienone is 1. The third-order valence-electron chi connectivity index (χ3n) is 5.67. The van der Waals surface area contributed by atoms with E-state index in [0.717, 1.165) is 5.56 Å². The van der Waals surface area contributed by atoms with Gasteiger partial charge >= 0.3 is 5.97 Å². The second-order valence-electron chi connectivity index (χ2n) is 7.58. The van der Waals surface area contributed by atoms with Gasteiger partial charge in [0.1, 0.15) is 11.1 Å². The molecular formula is C23H21NO4. The van der Waals surface area contributed by atoms with Gasteiger partial charge in [0.15, 0.2) is 5.78 Å². The second kappa shape index (κ2) is 6.75. The highest BCUT2D eigenvalue weighted by molar-refractivity contribution is 6.01. The van der Waals surface area contributed by atoms with E-state index < -0.39 is 23.0 Å². The summed E-state index contributed by atoms with van der Waals surface area (Å²) in [5.74, 6) is -1.43. The van der Waals surface area contributed by atoms with Crippen LogP contribution in [0.1, 0.15) is 29.3 Å². The number of carbonyl (C=O) groups excluding carboxylic acids is 3. The minimum Gasteiger partial charge on any atom is -0.453 e. The average molecular weight is 375 g/mol. The summed E-state index contributed by atoms with van der Waals surface area (Å²) in [6.07, 6.45) is 3.50. The van der Waals surface area contributed by atoms with Crippen LogP contribution >= 0.6 is 0 Å².